The van der Waals surface area contributed by atoms with Crippen LogP contribution in [-0.2, 0) is 18.9 Å². The first-order valence-electron chi connectivity index (χ1n) is 10.8. The minimum absolute atomic E-state index is 0.101. The zero-order valence-corrected chi connectivity index (χ0v) is 17.9. The van der Waals surface area contributed by atoms with E-state index in [4.69, 9.17) is 47.6 Å². The number of ether oxygens (including phenoxy) is 4. The fraction of sp³-hybridized carbons (Fsp3) is 1.00. The molecule has 2 heterocycles. The van der Waals surface area contributed by atoms with Gasteiger partial charge in [-0.1, -0.05) is 0 Å². The lowest BCUT2D eigenvalue weighted by molar-refractivity contribution is -0.317. The van der Waals surface area contributed by atoms with Crippen LogP contribution in [0.4, 0.5) is 4.39 Å². The van der Waals surface area contributed by atoms with Gasteiger partial charge in [0.15, 0.2) is 18.8 Å². The van der Waals surface area contributed by atoms with Crippen LogP contribution in [0.15, 0.2) is 0 Å². The van der Waals surface area contributed by atoms with Crippen LogP contribution in [0, 0.1) is 0 Å². The number of hydrogen-bond donors (Lipinski definition) is 10. The lowest BCUT2D eigenvalue weighted by Gasteiger charge is -2.48. The Morgan fingerprint density at radius 1 is 0.758 bits per heavy atom. The summed E-state index contributed by atoms with van der Waals surface area (Å²) in [4.78, 5) is 0. The quantitative estimate of drug-likeness (QED) is 0.168. The topological polar surface area (TPSA) is 268 Å². The molecule has 3 aliphatic rings. The molecule has 0 aromatic carbocycles. The third-order valence-corrected chi connectivity index (χ3v) is 6.51. The van der Waals surface area contributed by atoms with E-state index in [0.29, 0.717) is 0 Å². The highest BCUT2D eigenvalue weighted by molar-refractivity contribution is 5.01. The largest absolute Gasteiger partial charge is 0.394 e. The maximum Gasteiger partial charge on any atom is 0.186 e. The van der Waals surface area contributed by atoms with Crippen molar-refractivity contribution in [1.82, 2.24) is 0 Å². The minimum Gasteiger partial charge on any atom is -0.394 e. The number of nitrogens with two attached hydrogens (primary N) is 5. The molecule has 0 bridgehead atoms. The van der Waals surface area contributed by atoms with Crippen molar-refractivity contribution in [2.45, 2.75) is 98.2 Å². The van der Waals surface area contributed by atoms with Crippen molar-refractivity contribution in [3.8, 4) is 0 Å². The van der Waals surface area contributed by atoms with Crippen molar-refractivity contribution in [2.24, 2.45) is 28.7 Å². The molecule has 194 valence electrons. The van der Waals surface area contributed by atoms with Gasteiger partial charge < -0.3 is 73.1 Å². The van der Waals surface area contributed by atoms with Crippen LogP contribution in [0.1, 0.15) is 6.42 Å². The average Bonchev–Trinajstić information content (AvgIpc) is 2.79. The van der Waals surface area contributed by atoms with Crippen LogP contribution in [0.3, 0.4) is 0 Å². The Labute approximate surface area is 189 Å². The molecule has 0 amide bonds. The Morgan fingerprint density at radius 2 is 1.30 bits per heavy atom. The van der Waals surface area contributed by atoms with E-state index in [1.54, 1.807) is 0 Å². The summed E-state index contributed by atoms with van der Waals surface area (Å²) in [5, 5.41) is 50.7. The van der Waals surface area contributed by atoms with Gasteiger partial charge in [-0.25, -0.2) is 4.39 Å². The predicted molar refractivity (Wildman–Crippen MR) is 109 cm³/mol. The Kier molecular flexibility index (Phi) is 8.96. The van der Waals surface area contributed by atoms with E-state index < -0.39 is 98.4 Å². The maximum absolute atomic E-state index is 14.1. The first kappa shape index (κ1) is 27.0. The zero-order chi connectivity index (χ0) is 24.6. The van der Waals surface area contributed by atoms with Gasteiger partial charge in [0.25, 0.3) is 0 Å². The highest BCUT2D eigenvalue weighted by Crippen LogP contribution is 2.31. The van der Waals surface area contributed by atoms with Gasteiger partial charge in [-0.2, -0.15) is 0 Å². The second kappa shape index (κ2) is 11.0. The monoisotopic (exact) mass is 485 g/mol. The molecule has 0 aromatic rings. The molecule has 0 unspecified atom stereocenters. The molecule has 15 atom stereocenters. The molecular formula is C18H36FN5O9. The van der Waals surface area contributed by atoms with E-state index in [0.717, 1.165) is 0 Å². The summed E-state index contributed by atoms with van der Waals surface area (Å²) >= 11 is 0. The number of hydrogen-bond acceptors (Lipinski definition) is 14. The van der Waals surface area contributed by atoms with Gasteiger partial charge in [0, 0.05) is 18.6 Å². The van der Waals surface area contributed by atoms with Crippen molar-refractivity contribution in [1.29, 1.82) is 0 Å². The second-order valence-electron chi connectivity index (χ2n) is 8.83. The number of alkyl halides is 1. The number of aliphatic hydroxyl groups excluding tert-OH is 5. The molecule has 0 spiro atoms. The normalized spacial score (nSPS) is 53.7. The van der Waals surface area contributed by atoms with Crippen LogP contribution >= 0.6 is 0 Å². The van der Waals surface area contributed by atoms with Crippen molar-refractivity contribution >= 4 is 0 Å². The molecule has 0 aromatic heterocycles. The van der Waals surface area contributed by atoms with Gasteiger partial charge >= 0.3 is 0 Å². The standard InChI is InChI=1S/C18H36FN5O9/c19-8-6(2-20)30-17(10(24)12(8)27)32-15-4(21)1-5(22)16(14(15)29)33-18-13(28)9(23)11(26)7(3-25)31-18/h4-18,25-29H,1-3,20-24H2/t4-,5+,6+,7+,8+,9-,10+,11+,12-,13+,14-,15+,16-,17+,18+/m0/s1. The average molecular weight is 486 g/mol. The maximum atomic E-state index is 14.1. The molecule has 1 aliphatic carbocycles. The molecule has 1 saturated carbocycles. The van der Waals surface area contributed by atoms with Crippen molar-refractivity contribution in [3.63, 3.8) is 0 Å². The molecule has 3 rings (SSSR count). The van der Waals surface area contributed by atoms with Gasteiger partial charge in [0.05, 0.1) is 18.7 Å². The minimum atomic E-state index is -1.82. The molecule has 14 nitrogen and oxygen atoms in total. The van der Waals surface area contributed by atoms with Crippen molar-refractivity contribution in [3.05, 3.63) is 0 Å². The highest BCUT2D eigenvalue weighted by Gasteiger charge is 2.51. The SMILES string of the molecule is NC[C@H]1O[C@H](O[C@H]2[C@H](O)[C@@H](O[C@H]3O[C@H](CO)[C@@H](O)[C@H](N)[C@H]3O)[C@H](N)C[C@@H]2N)[C@H](N)[C@@H](O)[C@@H]1F. The Morgan fingerprint density at radius 3 is 1.85 bits per heavy atom. The smallest absolute Gasteiger partial charge is 0.186 e. The summed E-state index contributed by atoms with van der Waals surface area (Å²) < 4.78 is 36.4. The second-order valence-corrected chi connectivity index (χ2v) is 8.83. The predicted octanol–water partition coefficient (Wildman–Crippen LogP) is -6.35. The van der Waals surface area contributed by atoms with E-state index >= 15 is 0 Å². The van der Waals surface area contributed by atoms with Gasteiger partial charge in [0.2, 0.25) is 0 Å². The Hall–Kier alpha value is -0.630. The fourth-order valence-corrected chi connectivity index (χ4v) is 4.42. The van der Waals surface area contributed by atoms with E-state index in [9.17, 15) is 29.9 Å². The first-order valence-corrected chi connectivity index (χ1v) is 10.8. The van der Waals surface area contributed by atoms with Crippen LogP contribution in [0.25, 0.3) is 0 Å². The summed E-state index contributed by atoms with van der Waals surface area (Å²) in [7, 11) is 0. The molecule has 33 heavy (non-hydrogen) atoms. The molecule has 2 saturated heterocycles. The van der Waals surface area contributed by atoms with E-state index in [2.05, 4.69) is 0 Å². The number of halogens is 1. The van der Waals surface area contributed by atoms with Gasteiger partial charge in [-0.15, -0.1) is 0 Å². The summed E-state index contributed by atoms with van der Waals surface area (Å²) in [5.41, 5.74) is 29.3. The third-order valence-electron chi connectivity index (χ3n) is 6.51. The summed E-state index contributed by atoms with van der Waals surface area (Å²) in [5.74, 6) is 0. The molecule has 15 N–H and O–H groups in total. The molecule has 3 fully saturated rings. The highest BCUT2D eigenvalue weighted by atomic mass is 19.1. The van der Waals surface area contributed by atoms with Crippen LogP contribution in [-0.4, -0.2) is 130 Å². The van der Waals surface area contributed by atoms with E-state index in [1.807, 2.05) is 0 Å². The lowest BCUT2D eigenvalue weighted by Crippen LogP contribution is -2.69. The van der Waals surface area contributed by atoms with Crippen molar-refractivity contribution in [2.75, 3.05) is 13.2 Å². The molecule has 2 aliphatic heterocycles. The van der Waals surface area contributed by atoms with Crippen LogP contribution in [0.2, 0.25) is 0 Å². The number of aliphatic hydroxyl groups is 5. The Balaban J connectivity index is 1.72. The Bertz CT molecular complexity index is 590. The van der Waals surface area contributed by atoms with E-state index in [-0.39, 0.29) is 13.0 Å². The molecule has 15 heteroatoms. The molecular weight excluding hydrogens is 449 g/mol. The summed E-state index contributed by atoms with van der Waals surface area (Å²) in [6, 6.07) is -4.11. The summed E-state index contributed by atoms with van der Waals surface area (Å²) in [6.07, 6.45) is -15.1. The first-order chi connectivity index (χ1) is 15.5. The van der Waals surface area contributed by atoms with Crippen LogP contribution < -0.4 is 28.7 Å². The number of rotatable bonds is 6. The van der Waals surface area contributed by atoms with Crippen LogP contribution in [0.5, 0.6) is 0 Å². The third kappa shape index (κ3) is 5.31. The fourth-order valence-electron chi connectivity index (χ4n) is 4.42. The van der Waals surface area contributed by atoms with Gasteiger partial charge in [0.1, 0.15) is 48.8 Å². The van der Waals surface area contributed by atoms with Crippen molar-refractivity contribution < 1.29 is 48.9 Å². The lowest BCUT2D eigenvalue weighted by atomic mass is 9.84. The summed E-state index contributed by atoms with van der Waals surface area (Å²) in [6.45, 7) is -0.829. The van der Waals surface area contributed by atoms with Gasteiger partial charge in [-0.05, 0) is 6.42 Å². The van der Waals surface area contributed by atoms with Gasteiger partial charge in [-0.3, -0.25) is 0 Å². The molecule has 0 radical (unpaired) electrons. The zero-order valence-electron chi connectivity index (χ0n) is 17.9. The van der Waals surface area contributed by atoms with E-state index in [1.165, 1.54) is 0 Å².